The zero-order valence-electron chi connectivity index (χ0n) is 20.3. The number of thioether (sulfide) groups is 1. The summed E-state index contributed by atoms with van der Waals surface area (Å²) in [6, 6.07) is 22.3. The molecule has 4 nitrogen and oxygen atoms in total. The molecule has 0 bridgehead atoms. The van der Waals surface area contributed by atoms with Crippen molar-refractivity contribution in [3.63, 3.8) is 0 Å². The third-order valence-corrected chi connectivity index (χ3v) is 8.18. The van der Waals surface area contributed by atoms with Gasteiger partial charge < -0.3 is 5.32 Å². The number of rotatable bonds is 8. The van der Waals surface area contributed by atoms with Crippen LogP contribution in [0.15, 0.2) is 66.7 Å². The largest absolute Gasteiger partial charge is 0.322 e. The number of anilines is 2. The van der Waals surface area contributed by atoms with Gasteiger partial charge in [-0.25, -0.2) is 0 Å². The Balaban J connectivity index is 1.25. The van der Waals surface area contributed by atoms with E-state index in [4.69, 9.17) is 0 Å². The molecule has 1 aliphatic heterocycles. The molecule has 1 saturated heterocycles. The fourth-order valence-electron chi connectivity index (χ4n) is 4.99. The lowest BCUT2D eigenvalue weighted by Gasteiger charge is -2.25. The smallest absolute Gasteiger partial charge is 0.255 e. The average Bonchev–Trinajstić information content (AvgIpc) is 3.51. The highest BCUT2D eigenvalue weighted by Crippen LogP contribution is 2.43. The summed E-state index contributed by atoms with van der Waals surface area (Å²) in [5.41, 5.74) is 7.53. The van der Waals surface area contributed by atoms with Gasteiger partial charge in [0.25, 0.3) is 5.91 Å². The van der Waals surface area contributed by atoms with E-state index < -0.39 is 0 Å². The maximum atomic E-state index is 12.8. The van der Waals surface area contributed by atoms with Crippen molar-refractivity contribution in [1.82, 2.24) is 0 Å². The lowest BCUT2D eigenvalue weighted by atomic mass is 10.0. The minimum Gasteiger partial charge on any atom is -0.322 e. The molecule has 5 rings (SSSR count). The van der Waals surface area contributed by atoms with Crippen LogP contribution in [0.25, 0.3) is 0 Å². The monoisotopic (exact) mass is 484 g/mol. The van der Waals surface area contributed by atoms with Crippen molar-refractivity contribution in [2.24, 2.45) is 0 Å². The molecule has 1 aliphatic carbocycles. The van der Waals surface area contributed by atoms with Crippen LogP contribution in [0.4, 0.5) is 11.4 Å². The standard InChI is InChI=1S/C30H32N2O2S/c1-2-3-4-6-21-9-11-23(12-10-21)29(34)31-26-16-13-24(14-17-26)30-32(28(33)20-35-30)27-18-15-22-7-5-8-25(22)19-27/h9-19,30H,2-8,20H2,1H3,(H,31,34). The molecule has 1 N–H and O–H groups in total. The summed E-state index contributed by atoms with van der Waals surface area (Å²) in [7, 11) is 0. The van der Waals surface area contributed by atoms with E-state index in [9.17, 15) is 9.59 Å². The number of unbranched alkanes of at least 4 members (excludes halogenated alkanes) is 2. The van der Waals surface area contributed by atoms with Gasteiger partial charge in [-0.05, 0) is 90.8 Å². The summed E-state index contributed by atoms with van der Waals surface area (Å²) in [5.74, 6) is 0.519. The van der Waals surface area contributed by atoms with Gasteiger partial charge in [0.05, 0.1) is 5.75 Å². The van der Waals surface area contributed by atoms with Gasteiger partial charge in [-0.3, -0.25) is 14.5 Å². The molecule has 3 aromatic carbocycles. The zero-order valence-corrected chi connectivity index (χ0v) is 21.1. The van der Waals surface area contributed by atoms with Crippen molar-refractivity contribution >= 4 is 35.0 Å². The molecule has 0 aromatic heterocycles. The summed E-state index contributed by atoms with van der Waals surface area (Å²) in [5, 5.41) is 2.95. The summed E-state index contributed by atoms with van der Waals surface area (Å²) in [4.78, 5) is 27.4. The second-order valence-corrected chi connectivity index (χ2v) is 10.5. The van der Waals surface area contributed by atoms with Crippen LogP contribution in [-0.4, -0.2) is 17.6 Å². The topological polar surface area (TPSA) is 49.4 Å². The van der Waals surface area contributed by atoms with Crippen LogP contribution >= 0.6 is 11.8 Å². The number of hydrogen-bond donors (Lipinski definition) is 1. The van der Waals surface area contributed by atoms with Crippen LogP contribution in [0, 0.1) is 0 Å². The molecule has 180 valence electrons. The van der Waals surface area contributed by atoms with E-state index in [0.717, 1.165) is 36.2 Å². The number of nitrogens with zero attached hydrogens (tertiary/aromatic N) is 1. The van der Waals surface area contributed by atoms with Gasteiger partial charge in [0.15, 0.2) is 0 Å². The van der Waals surface area contributed by atoms with Crippen molar-refractivity contribution < 1.29 is 9.59 Å². The number of carbonyl (C=O) groups excluding carboxylic acids is 2. The molecular weight excluding hydrogens is 452 g/mol. The van der Waals surface area contributed by atoms with E-state index >= 15 is 0 Å². The van der Waals surface area contributed by atoms with Gasteiger partial charge in [-0.15, -0.1) is 11.8 Å². The highest BCUT2D eigenvalue weighted by atomic mass is 32.2. The predicted octanol–water partition coefficient (Wildman–Crippen LogP) is 6.94. The summed E-state index contributed by atoms with van der Waals surface area (Å²) in [6.07, 6.45) is 8.11. The van der Waals surface area contributed by atoms with Crippen molar-refractivity contribution in [1.29, 1.82) is 0 Å². The van der Waals surface area contributed by atoms with E-state index in [0.29, 0.717) is 11.3 Å². The van der Waals surface area contributed by atoms with Gasteiger partial charge >= 0.3 is 0 Å². The Morgan fingerprint density at radius 3 is 2.51 bits per heavy atom. The SMILES string of the molecule is CCCCCc1ccc(C(=O)Nc2ccc(C3SCC(=O)N3c3ccc4c(c3)CCC4)cc2)cc1. The Kier molecular flexibility index (Phi) is 7.24. The van der Waals surface area contributed by atoms with Gasteiger partial charge in [-0.2, -0.15) is 0 Å². The number of carbonyl (C=O) groups is 2. The molecule has 1 heterocycles. The second kappa shape index (κ2) is 10.7. The number of fused-ring (bicyclic) bond motifs is 1. The lowest BCUT2D eigenvalue weighted by molar-refractivity contribution is -0.115. The van der Waals surface area contributed by atoms with Crippen LogP contribution in [-0.2, 0) is 24.1 Å². The maximum absolute atomic E-state index is 12.8. The number of hydrogen-bond acceptors (Lipinski definition) is 3. The first-order valence-corrected chi connectivity index (χ1v) is 13.7. The predicted molar refractivity (Wildman–Crippen MR) is 145 cm³/mol. The Bertz CT molecular complexity index is 1200. The summed E-state index contributed by atoms with van der Waals surface area (Å²) < 4.78 is 0. The fraction of sp³-hybridized carbons (Fsp3) is 0.333. The molecule has 2 amide bonds. The van der Waals surface area contributed by atoms with E-state index in [2.05, 4.69) is 42.6 Å². The van der Waals surface area contributed by atoms with Gasteiger partial charge in [0.2, 0.25) is 5.91 Å². The van der Waals surface area contributed by atoms with Crippen LogP contribution in [0.3, 0.4) is 0 Å². The Morgan fingerprint density at radius 2 is 1.74 bits per heavy atom. The first kappa shape index (κ1) is 23.7. The number of benzene rings is 3. The molecule has 5 heteroatoms. The van der Waals surface area contributed by atoms with Gasteiger partial charge in [0, 0.05) is 16.9 Å². The maximum Gasteiger partial charge on any atom is 0.255 e. The molecule has 1 atom stereocenters. The summed E-state index contributed by atoms with van der Waals surface area (Å²) >= 11 is 1.65. The number of nitrogens with one attached hydrogen (secondary N) is 1. The summed E-state index contributed by atoms with van der Waals surface area (Å²) in [6.45, 7) is 2.20. The van der Waals surface area contributed by atoms with Crippen LogP contribution < -0.4 is 10.2 Å². The van der Waals surface area contributed by atoms with Crippen LogP contribution in [0.2, 0.25) is 0 Å². The van der Waals surface area contributed by atoms with Gasteiger partial charge in [0.1, 0.15) is 5.37 Å². The Labute approximate surface area is 212 Å². The van der Waals surface area contributed by atoms with Crippen molar-refractivity contribution in [3.8, 4) is 0 Å². The van der Waals surface area contributed by atoms with E-state index in [1.165, 1.54) is 42.4 Å². The van der Waals surface area contributed by atoms with Crippen molar-refractivity contribution in [3.05, 3.63) is 94.5 Å². The molecule has 0 spiro atoms. The first-order chi connectivity index (χ1) is 17.1. The first-order valence-electron chi connectivity index (χ1n) is 12.7. The second-order valence-electron chi connectivity index (χ2n) is 9.46. The molecule has 35 heavy (non-hydrogen) atoms. The average molecular weight is 485 g/mol. The minimum absolute atomic E-state index is 0.0491. The molecule has 1 fully saturated rings. The van der Waals surface area contributed by atoms with Crippen molar-refractivity contribution in [2.45, 2.75) is 57.2 Å². The third-order valence-electron chi connectivity index (χ3n) is 6.97. The minimum atomic E-state index is -0.108. The van der Waals surface area contributed by atoms with Gasteiger partial charge in [-0.1, -0.05) is 50.1 Å². The lowest BCUT2D eigenvalue weighted by Crippen LogP contribution is -2.27. The quantitative estimate of drug-likeness (QED) is 0.352. The van der Waals surface area contributed by atoms with E-state index in [1.54, 1.807) is 11.8 Å². The normalized spacial score (nSPS) is 17.0. The molecule has 0 saturated carbocycles. The molecular formula is C30H32N2O2S. The Morgan fingerprint density at radius 1 is 0.971 bits per heavy atom. The molecule has 3 aromatic rings. The molecule has 1 unspecified atom stereocenters. The van der Waals surface area contributed by atoms with Crippen LogP contribution in [0.5, 0.6) is 0 Å². The highest BCUT2D eigenvalue weighted by Gasteiger charge is 2.34. The van der Waals surface area contributed by atoms with E-state index in [1.807, 2.05) is 41.3 Å². The Hall–Kier alpha value is -3.05. The number of aryl methyl sites for hydroxylation is 3. The van der Waals surface area contributed by atoms with Crippen molar-refractivity contribution in [2.75, 3.05) is 16.0 Å². The van der Waals surface area contributed by atoms with E-state index in [-0.39, 0.29) is 17.2 Å². The molecule has 2 aliphatic rings. The zero-order chi connectivity index (χ0) is 24.2. The molecule has 0 radical (unpaired) electrons. The number of amides is 2. The highest BCUT2D eigenvalue weighted by molar-refractivity contribution is 8.00. The van der Waals surface area contributed by atoms with Crippen LogP contribution in [0.1, 0.15) is 70.6 Å². The fourth-order valence-corrected chi connectivity index (χ4v) is 6.17. The third kappa shape index (κ3) is 5.30.